The van der Waals surface area contributed by atoms with Crippen molar-refractivity contribution < 1.29 is 15.0 Å². The van der Waals surface area contributed by atoms with Gasteiger partial charge < -0.3 is 10.2 Å². The molecule has 1 aromatic carbocycles. The van der Waals surface area contributed by atoms with Crippen molar-refractivity contribution in [2.75, 3.05) is 12.4 Å². The van der Waals surface area contributed by atoms with Crippen LogP contribution in [0.5, 0.6) is 0 Å². The summed E-state index contributed by atoms with van der Waals surface area (Å²) in [5.74, 6) is -0.843. The van der Waals surface area contributed by atoms with E-state index >= 15 is 0 Å². The lowest BCUT2D eigenvalue weighted by molar-refractivity contribution is -0.133. The molecule has 0 amide bonds. The number of carbonyl (C=O) groups is 1. The molecule has 14 heavy (non-hydrogen) atoms. The zero-order chi connectivity index (χ0) is 10.4. The SMILES string of the molecule is O=C(O)CSC(CO)c1ccccc1. The first-order chi connectivity index (χ1) is 6.74. The van der Waals surface area contributed by atoms with Crippen molar-refractivity contribution in [2.45, 2.75) is 5.25 Å². The number of carboxylic acid groups (broad SMARTS) is 1. The molecule has 0 saturated heterocycles. The zero-order valence-electron chi connectivity index (χ0n) is 7.59. The van der Waals surface area contributed by atoms with E-state index in [0.717, 1.165) is 5.56 Å². The average molecular weight is 212 g/mol. The minimum absolute atomic E-state index is 0.0140. The van der Waals surface area contributed by atoms with Crippen LogP contribution in [0.3, 0.4) is 0 Å². The second-order valence-corrected chi connectivity index (χ2v) is 3.98. The van der Waals surface area contributed by atoms with E-state index in [1.807, 2.05) is 30.3 Å². The fourth-order valence-corrected chi connectivity index (χ4v) is 1.89. The smallest absolute Gasteiger partial charge is 0.313 e. The van der Waals surface area contributed by atoms with Crippen molar-refractivity contribution in [3.8, 4) is 0 Å². The van der Waals surface area contributed by atoms with Gasteiger partial charge in [-0.25, -0.2) is 0 Å². The maximum absolute atomic E-state index is 10.3. The lowest BCUT2D eigenvalue weighted by Crippen LogP contribution is -2.05. The predicted octanol–water partition coefficient (Wildman–Crippen LogP) is 1.54. The highest BCUT2D eigenvalue weighted by atomic mass is 32.2. The summed E-state index contributed by atoms with van der Waals surface area (Å²) in [4.78, 5) is 10.3. The number of hydrogen-bond acceptors (Lipinski definition) is 3. The second-order valence-electron chi connectivity index (χ2n) is 2.79. The molecule has 0 aliphatic heterocycles. The summed E-state index contributed by atoms with van der Waals surface area (Å²) in [7, 11) is 0. The van der Waals surface area contributed by atoms with E-state index < -0.39 is 5.97 Å². The van der Waals surface area contributed by atoms with Crippen molar-refractivity contribution in [3.63, 3.8) is 0 Å². The van der Waals surface area contributed by atoms with E-state index in [4.69, 9.17) is 10.2 Å². The molecule has 0 fully saturated rings. The van der Waals surface area contributed by atoms with Gasteiger partial charge in [0, 0.05) is 0 Å². The molecule has 0 heterocycles. The van der Waals surface area contributed by atoms with Crippen LogP contribution in [0.2, 0.25) is 0 Å². The third kappa shape index (κ3) is 3.40. The van der Waals surface area contributed by atoms with Crippen LogP contribution in [0.1, 0.15) is 10.8 Å². The summed E-state index contributed by atoms with van der Waals surface area (Å²) in [6, 6.07) is 9.41. The monoisotopic (exact) mass is 212 g/mol. The van der Waals surface area contributed by atoms with Crippen molar-refractivity contribution >= 4 is 17.7 Å². The maximum Gasteiger partial charge on any atom is 0.313 e. The van der Waals surface area contributed by atoms with Gasteiger partial charge in [-0.15, -0.1) is 11.8 Å². The fourth-order valence-electron chi connectivity index (χ4n) is 1.09. The topological polar surface area (TPSA) is 57.5 Å². The van der Waals surface area contributed by atoms with E-state index in [1.54, 1.807) is 0 Å². The predicted molar refractivity (Wildman–Crippen MR) is 56.4 cm³/mol. The number of aliphatic hydroxyl groups is 1. The molecule has 1 aromatic rings. The molecule has 0 aliphatic carbocycles. The van der Waals surface area contributed by atoms with Crippen LogP contribution >= 0.6 is 11.8 Å². The molecule has 76 valence electrons. The first-order valence-electron chi connectivity index (χ1n) is 4.23. The van der Waals surface area contributed by atoms with Gasteiger partial charge in [-0.3, -0.25) is 4.79 Å². The number of benzene rings is 1. The number of aliphatic carboxylic acids is 1. The van der Waals surface area contributed by atoms with E-state index in [1.165, 1.54) is 11.8 Å². The number of thioether (sulfide) groups is 1. The van der Waals surface area contributed by atoms with E-state index in [0.29, 0.717) is 0 Å². The van der Waals surface area contributed by atoms with Gasteiger partial charge in [0.05, 0.1) is 17.6 Å². The Morgan fingerprint density at radius 1 is 1.36 bits per heavy atom. The van der Waals surface area contributed by atoms with E-state index in [-0.39, 0.29) is 17.6 Å². The molecule has 0 bridgehead atoms. The number of rotatable bonds is 5. The number of hydrogen-bond donors (Lipinski definition) is 2. The lowest BCUT2D eigenvalue weighted by atomic mass is 10.2. The summed E-state index contributed by atoms with van der Waals surface area (Å²) in [5.41, 5.74) is 0.959. The van der Waals surface area contributed by atoms with Crippen molar-refractivity contribution in [2.24, 2.45) is 0 Å². The summed E-state index contributed by atoms with van der Waals surface area (Å²) in [6.45, 7) is -0.0397. The van der Waals surface area contributed by atoms with Gasteiger partial charge in [-0.2, -0.15) is 0 Å². The maximum atomic E-state index is 10.3. The molecule has 0 spiro atoms. The third-order valence-corrected chi connectivity index (χ3v) is 2.98. The van der Waals surface area contributed by atoms with Gasteiger partial charge in [0.1, 0.15) is 0 Å². The van der Waals surface area contributed by atoms with Crippen molar-refractivity contribution in [3.05, 3.63) is 35.9 Å². The summed E-state index contributed by atoms with van der Waals surface area (Å²) >= 11 is 1.23. The number of aliphatic hydroxyl groups excluding tert-OH is 1. The van der Waals surface area contributed by atoms with Crippen LogP contribution in [0.4, 0.5) is 0 Å². The van der Waals surface area contributed by atoms with Crippen LogP contribution in [0.15, 0.2) is 30.3 Å². The summed E-state index contributed by atoms with van der Waals surface area (Å²) in [5, 5.41) is 17.4. The molecule has 4 heteroatoms. The van der Waals surface area contributed by atoms with E-state index in [2.05, 4.69) is 0 Å². The Hall–Kier alpha value is -1.00. The molecular formula is C10H12O3S. The Morgan fingerprint density at radius 3 is 2.50 bits per heavy atom. The van der Waals surface area contributed by atoms with Crippen LogP contribution in [-0.4, -0.2) is 28.5 Å². The molecule has 0 radical (unpaired) electrons. The lowest BCUT2D eigenvalue weighted by Gasteiger charge is -2.12. The second kappa shape index (κ2) is 5.67. The van der Waals surface area contributed by atoms with Gasteiger partial charge in [-0.05, 0) is 5.56 Å². The Balaban J connectivity index is 2.58. The Bertz CT molecular complexity index is 287. The molecule has 1 atom stereocenters. The third-order valence-electron chi connectivity index (χ3n) is 1.75. The van der Waals surface area contributed by atoms with Gasteiger partial charge in [0.15, 0.2) is 0 Å². The standard InChI is InChI=1S/C10H12O3S/c11-6-9(14-7-10(12)13)8-4-2-1-3-5-8/h1-5,9,11H,6-7H2,(H,12,13). The molecule has 1 rings (SSSR count). The molecule has 0 aliphatic rings. The van der Waals surface area contributed by atoms with Crippen LogP contribution in [0.25, 0.3) is 0 Å². The zero-order valence-corrected chi connectivity index (χ0v) is 8.41. The normalized spacial score (nSPS) is 12.4. The van der Waals surface area contributed by atoms with Gasteiger partial charge in [-0.1, -0.05) is 30.3 Å². The molecule has 1 unspecified atom stereocenters. The van der Waals surface area contributed by atoms with Crippen LogP contribution < -0.4 is 0 Å². The highest BCUT2D eigenvalue weighted by Crippen LogP contribution is 2.27. The Morgan fingerprint density at radius 2 is 2.00 bits per heavy atom. The van der Waals surface area contributed by atoms with E-state index in [9.17, 15) is 4.79 Å². The van der Waals surface area contributed by atoms with Crippen molar-refractivity contribution in [1.82, 2.24) is 0 Å². The van der Waals surface area contributed by atoms with Crippen LogP contribution in [0, 0.1) is 0 Å². The summed E-state index contributed by atoms with van der Waals surface area (Å²) in [6.07, 6.45) is 0. The first-order valence-corrected chi connectivity index (χ1v) is 5.28. The molecule has 2 N–H and O–H groups in total. The van der Waals surface area contributed by atoms with Crippen molar-refractivity contribution in [1.29, 1.82) is 0 Å². The van der Waals surface area contributed by atoms with Gasteiger partial charge in [0.25, 0.3) is 0 Å². The number of carboxylic acids is 1. The van der Waals surface area contributed by atoms with Gasteiger partial charge >= 0.3 is 5.97 Å². The van der Waals surface area contributed by atoms with Gasteiger partial charge in [0.2, 0.25) is 0 Å². The average Bonchev–Trinajstić information content (AvgIpc) is 2.20. The molecule has 3 nitrogen and oxygen atoms in total. The highest BCUT2D eigenvalue weighted by molar-refractivity contribution is 8.00. The Labute approximate surface area is 86.8 Å². The van der Waals surface area contributed by atoms with Crippen LogP contribution in [-0.2, 0) is 4.79 Å². The largest absolute Gasteiger partial charge is 0.481 e. The minimum atomic E-state index is -0.857. The molecule has 0 saturated carbocycles. The first kappa shape index (κ1) is 11.1. The summed E-state index contributed by atoms with van der Waals surface area (Å²) < 4.78 is 0. The minimum Gasteiger partial charge on any atom is -0.481 e. The Kier molecular flexibility index (Phi) is 4.49. The quantitative estimate of drug-likeness (QED) is 0.777. The fraction of sp³-hybridized carbons (Fsp3) is 0.300. The molecular weight excluding hydrogens is 200 g/mol. The highest BCUT2D eigenvalue weighted by Gasteiger charge is 2.11. The molecule has 0 aromatic heterocycles.